The van der Waals surface area contributed by atoms with Gasteiger partial charge in [0, 0.05) is 7.05 Å². The molecule has 0 atom stereocenters. The highest BCUT2D eigenvalue weighted by molar-refractivity contribution is 5.77. The zero-order valence-electron chi connectivity index (χ0n) is 15.3. The molecule has 23 heavy (non-hydrogen) atoms. The Hall–Kier alpha value is -1.26. The Morgan fingerprint density at radius 1 is 0.739 bits per heavy atom. The summed E-state index contributed by atoms with van der Waals surface area (Å²) in [6, 6.07) is 0. The smallest absolute Gasteiger partial charge is 0.410 e. The van der Waals surface area contributed by atoms with Crippen molar-refractivity contribution in [2.45, 2.75) is 78.1 Å². The van der Waals surface area contributed by atoms with E-state index >= 15 is 0 Å². The molecule has 0 radical (unpaired) electrons. The average Bonchev–Trinajstić information content (AvgIpc) is 2.54. The van der Waals surface area contributed by atoms with E-state index in [0.29, 0.717) is 13.2 Å². The second kappa shape index (κ2) is 15.6. The Kier molecular flexibility index (Phi) is 14.8. The number of ether oxygens (including phenoxy) is 2. The van der Waals surface area contributed by atoms with Crippen molar-refractivity contribution >= 4 is 12.1 Å². The Morgan fingerprint density at radius 3 is 1.87 bits per heavy atom. The molecule has 0 bridgehead atoms. The van der Waals surface area contributed by atoms with E-state index in [0.717, 1.165) is 19.3 Å². The third-order valence-electron chi connectivity index (χ3n) is 3.62. The van der Waals surface area contributed by atoms with Gasteiger partial charge in [-0.2, -0.15) is 0 Å². The number of carbonyl (C=O) groups is 2. The highest BCUT2D eigenvalue weighted by Crippen LogP contribution is 2.09. The third-order valence-corrected chi connectivity index (χ3v) is 3.62. The summed E-state index contributed by atoms with van der Waals surface area (Å²) < 4.78 is 10.1. The number of unbranched alkanes of at least 4 members (excludes halogenated alkanes) is 8. The molecule has 1 amide bonds. The summed E-state index contributed by atoms with van der Waals surface area (Å²) in [6.45, 7) is 4.91. The molecule has 0 saturated carbocycles. The highest BCUT2D eigenvalue weighted by Gasteiger charge is 2.14. The van der Waals surface area contributed by atoms with Crippen molar-refractivity contribution in [3.8, 4) is 0 Å². The molecule has 136 valence electrons. The maximum atomic E-state index is 11.6. The van der Waals surface area contributed by atoms with Crippen LogP contribution in [-0.2, 0) is 14.3 Å². The molecular weight excluding hydrogens is 294 g/mol. The lowest BCUT2D eigenvalue weighted by Crippen LogP contribution is -2.33. The molecule has 0 aliphatic rings. The Balaban J connectivity index is 3.44. The number of hydrogen-bond acceptors (Lipinski definition) is 4. The molecule has 0 unspecified atom stereocenters. The molecule has 0 rings (SSSR count). The van der Waals surface area contributed by atoms with Crippen LogP contribution >= 0.6 is 0 Å². The van der Waals surface area contributed by atoms with E-state index in [1.165, 1.54) is 56.9 Å². The first-order valence-electron chi connectivity index (χ1n) is 9.15. The lowest BCUT2D eigenvalue weighted by atomic mass is 10.1. The van der Waals surface area contributed by atoms with Gasteiger partial charge >= 0.3 is 12.1 Å². The quantitative estimate of drug-likeness (QED) is 0.347. The van der Waals surface area contributed by atoms with Crippen molar-refractivity contribution in [2.24, 2.45) is 0 Å². The summed E-state index contributed by atoms with van der Waals surface area (Å²) >= 11 is 0. The van der Waals surface area contributed by atoms with Crippen LogP contribution in [0.2, 0.25) is 0 Å². The largest absolute Gasteiger partial charge is 0.464 e. The second-order valence-electron chi connectivity index (χ2n) is 6.02. The summed E-state index contributed by atoms with van der Waals surface area (Å²) in [5.41, 5.74) is 0. The van der Waals surface area contributed by atoms with Gasteiger partial charge in [0.05, 0.1) is 13.2 Å². The minimum Gasteiger partial charge on any atom is -0.464 e. The number of esters is 1. The van der Waals surface area contributed by atoms with E-state index in [2.05, 4.69) is 6.92 Å². The number of likely N-dealkylation sites (N-methyl/N-ethyl adjacent to an activating group) is 1. The van der Waals surface area contributed by atoms with E-state index in [1.54, 1.807) is 0 Å². The Bertz CT molecular complexity index is 307. The molecule has 0 aliphatic heterocycles. The fourth-order valence-electron chi connectivity index (χ4n) is 2.20. The maximum absolute atomic E-state index is 11.6. The fourth-order valence-corrected chi connectivity index (χ4v) is 2.20. The summed E-state index contributed by atoms with van der Waals surface area (Å²) in [6.07, 6.45) is 11.4. The molecule has 0 saturated heterocycles. The second-order valence-corrected chi connectivity index (χ2v) is 6.02. The minimum absolute atomic E-state index is 0.0556. The van der Waals surface area contributed by atoms with Gasteiger partial charge in [-0.25, -0.2) is 4.79 Å². The van der Waals surface area contributed by atoms with Gasteiger partial charge in [0.1, 0.15) is 6.54 Å². The van der Waals surface area contributed by atoms with Crippen LogP contribution in [0.25, 0.3) is 0 Å². The normalized spacial score (nSPS) is 10.4. The molecular formula is C18H35NO4. The lowest BCUT2D eigenvalue weighted by Gasteiger charge is -2.15. The van der Waals surface area contributed by atoms with E-state index in [9.17, 15) is 9.59 Å². The van der Waals surface area contributed by atoms with Crippen LogP contribution < -0.4 is 0 Å². The van der Waals surface area contributed by atoms with Crippen molar-refractivity contribution < 1.29 is 19.1 Å². The monoisotopic (exact) mass is 329 g/mol. The molecule has 0 aromatic heterocycles. The molecule has 0 spiro atoms. The Labute approximate surface area is 141 Å². The van der Waals surface area contributed by atoms with Gasteiger partial charge in [-0.15, -0.1) is 0 Å². The highest BCUT2D eigenvalue weighted by atomic mass is 16.6. The van der Waals surface area contributed by atoms with Crippen LogP contribution in [0.3, 0.4) is 0 Å². The lowest BCUT2D eigenvalue weighted by molar-refractivity contribution is -0.144. The van der Waals surface area contributed by atoms with Crippen LogP contribution in [0.5, 0.6) is 0 Å². The van der Waals surface area contributed by atoms with Gasteiger partial charge in [-0.1, -0.05) is 65.2 Å². The zero-order valence-corrected chi connectivity index (χ0v) is 15.3. The van der Waals surface area contributed by atoms with Crippen LogP contribution in [0.1, 0.15) is 78.1 Å². The van der Waals surface area contributed by atoms with Gasteiger partial charge in [0.2, 0.25) is 0 Å². The van der Waals surface area contributed by atoms with Crippen molar-refractivity contribution in [1.82, 2.24) is 4.90 Å². The van der Waals surface area contributed by atoms with Crippen LogP contribution in [0.15, 0.2) is 0 Å². The topological polar surface area (TPSA) is 55.8 Å². The molecule has 5 nitrogen and oxygen atoms in total. The fraction of sp³-hybridized carbons (Fsp3) is 0.889. The van der Waals surface area contributed by atoms with Crippen molar-refractivity contribution in [2.75, 3.05) is 26.8 Å². The molecule has 0 aromatic carbocycles. The molecule has 0 aliphatic carbocycles. The number of hydrogen-bond donors (Lipinski definition) is 0. The maximum Gasteiger partial charge on any atom is 0.410 e. The van der Waals surface area contributed by atoms with Gasteiger partial charge in [-0.3, -0.25) is 4.79 Å². The first-order valence-corrected chi connectivity index (χ1v) is 9.15. The van der Waals surface area contributed by atoms with Crippen LogP contribution in [-0.4, -0.2) is 43.8 Å². The van der Waals surface area contributed by atoms with Crippen molar-refractivity contribution in [3.63, 3.8) is 0 Å². The first-order chi connectivity index (χ1) is 11.1. The SMILES string of the molecule is CCCCCCCCCCCOC(=O)CN(C)C(=O)OCCC. The first kappa shape index (κ1) is 21.7. The minimum atomic E-state index is -0.480. The molecule has 5 heteroatoms. The number of carbonyl (C=O) groups excluding carboxylic acids is 2. The van der Waals surface area contributed by atoms with Gasteiger partial charge in [-0.05, 0) is 12.8 Å². The Morgan fingerprint density at radius 2 is 1.30 bits per heavy atom. The van der Waals surface area contributed by atoms with E-state index < -0.39 is 6.09 Å². The molecule has 0 heterocycles. The molecule has 0 N–H and O–H groups in total. The predicted molar refractivity (Wildman–Crippen MR) is 92.5 cm³/mol. The van der Waals surface area contributed by atoms with Gasteiger partial charge in [0.15, 0.2) is 0 Å². The molecule has 0 fully saturated rings. The average molecular weight is 329 g/mol. The molecule has 0 aromatic rings. The predicted octanol–water partition coefficient (Wildman–Crippen LogP) is 4.54. The number of amides is 1. The van der Waals surface area contributed by atoms with Gasteiger partial charge < -0.3 is 14.4 Å². The third kappa shape index (κ3) is 14.1. The summed E-state index contributed by atoms with van der Waals surface area (Å²) in [4.78, 5) is 24.3. The standard InChI is InChI=1S/C18H35NO4/c1-4-6-7-8-9-10-11-12-13-15-22-17(20)16-19(3)18(21)23-14-5-2/h4-16H2,1-3H3. The van der Waals surface area contributed by atoms with Crippen LogP contribution in [0.4, 0.5) is 4.79 Å². The number of nitrogens with zero attached hydrogens (tertiary/aromatic N) is 1. The van der Waals surface area contributed by atoms with E-state index in [4.69, 9.17) is 9.47 Å². The summed E-state index contributed by atoms with van der Waals surface area (Å²) in [7, 11) is 1.54. The van der Waals surface area contributed by atoms with Crippen molar-refractivity contribution in [1.29, 1.82) is 0 Å². The summed E-state index contributed by atoms with van der Waals surface area (Å²) in [5.74, 6) is -0.375. The van der Waals surface area contributed by atoms with E-state index in [-0.39, 0.29) is 12.5 Å². The summed E-state index contributed by atoms with van der Waals surface area (Å²) in [5, 5.41) is 0. The zero-order chi connectivity index (χ0) is 17.3. The van der Waals surface area contributed by atoms with Crippen molar-refractivity contribution in [3.05, 3.63) is 0 Å². The number of rotatable bonds is 14. The van der Waals surface area contributed by atoms with Crippen LogP contribution in [0, 0.1) is 0 Å². The van der Waals surface area contributed by atoms with E-state index in [1.807, 2.05) is 6.92 Å². The van der Waals surface area contributed by atoms with Gasteiger partial charge in [0.25, 0.3) is 0 Å².